The van der Waals surface area contributed by atoms with E-state index >= 15 is 0 Å². The van der Waals surface area contributed by atoms with Crippen molar-refractivity contribution in [1.29, 1.82) is 5.26 Å². The summed E-state index contributed by atoms with van der Waals surface area (Å²) in [5.74, 6) is 0. The van der Waals surface area contributed by atoms with Crippen LogP contribution < -0.4 is 5.73 Å². The Morgan fingerprint density at radius 1 is 1.46 bits per heavy atom. The number of benzene rings is 1. The highest BCUT2D eigenvalue weighted by atomic mass is 79.9. The van der Waals surface area contributed by atoms with E-state index in [0.29, 0.717) is 10.6 Å². The van der Waals surface area contributed by atoms with Crippen molar-refractivity contribution in [2.75, 3.05) is 5.73 Å². The quantitative estimate of drug-likeness (QED) is 0.784. The summed E-state index contributed by atoms with van der Waals surface area (Å²) in [7, 11) is 0. The first kappa shape index (κ1) is 8.54. The van der Waals surface area contributed by atoms with E-state index in [0.717, 1.165) is 14.6 Å². The fraction of sp³-hybridized carbons (Fsp3) is 0. The topological polar surface area (TPSA) is 49.8 Å². The Labute approximate surface area is 87.7 Å². The molecule has 1 aromatic carbocycles. The third-order valence-corrected chi connectivity index (χ3v) is 3.37. The van der Waals surface area contributed by atoms with Crippen molar-refractivity contribution in [1.82, 2.24) is 0 Å². The molecule has 0 aliphatic rings. The van der Waals surface area contributed by atoms with Gasteiger partial charge in [0.1, 0.15) is 10.9 Å². The number of nitrogens with zero attached hydrogens (tertiary/aromatic N) is 1. The molecule has 2 N–H and O–H groups in total. The molecule has 0 unspecified atom stereocenters. The maximum Gasteiger partial charge on any atom is 0.129 e. The lowest BCUT2D eigenvalue weighted by atomic mass is 10.2. The smallest absolute Gasteiger partial charge is 0.129 e. The van der Waals surface area contributed by atoms with Crippen LogP contribution in [0.3, 0.4) is 0 Å². The molecule has 0 spiro atoms. The lowest BCUT2D eigenvalue weighted by Crippen LogP contribution is -1.83. The number of anilines is 1. The van der Waals surface area contributed by atoms with Gasteiger partial charge in [-0.2, -0.15) is 5.26 Å². The minimum Gasteiger partial charge on any atom is -0.396 e. The van der Waals surface area contributed by atoms with E-state index in [-0.39, 0.29) is 0 Å². The summed E-state index contributed by atoms with van der Waals surface area (Å²) in [5, 5.41) is 9.71. The van der Waals surface area contributed by atoms with E-state index in [4.69, 9.17) is 11.0 Å². The molecule has 13 heavy (non-hydrogen) atoms. The van der Waals surface area contributed by atoms with Crippen LogP contribution in [-0.2, 0) is 0 Å². The van der Waals surface area contributed by atoms with Crippen LogP contribution in [0.15, 0.2) is 22.7 Å². The summed E-state index contributed by atoms with van der Waals surface area (Å²) in [5.41, 5.74) is 6.37. The molecule has 0 saturated carbocycles. The standard InChI is InChI=1S/C9H5BrN2S/c10-5-1-2-7-6(3-5)9(12)8(4-11)13-7/h1-3H,12H2. The molecule has 2 nitrogen and oxygen atoms in total. The normalized spacial score (nSPS) is 10.2. The maximum absolute atomic E-state index is 8.76. The summed E-state index contributed by atoms with van der Waals surface area (Å²) in [4.78, 5) is 0.591. The number of rotatable bonds is 0. The van der Waals surface area contributed by atoms with Crippen LogP contribution in [0.4, 0.5) is 5.69 Å². The molecule has 2 aromatic rings. The minimum atomic E-state index is 0.587. The third-order valence-electron chi connectivity index (χ3n) is 1.79. The van der Waals surface area contributed by atoms with Crippen molar-refractivity contribution in [3.63, 3.8) is 0 Å². The van der Waals surface area contributed by atoms with Gasteiger partial charge >= 0.3 is 0 Å². The Morgan fingerprint density at radius 2 is 2.23 bits per heavy atom. The van der Waals surface area contributed by atoms with Crippen molar-refractivity contribution in [3.8, 4) is 6.07 Å². The Hall–Kier alpha value is -1.05. The van der Waals surface area contributed by atoms with Crippen molar-refractivity contribution in [3.05, 3.63) is 27.5 Å². The van der Waals surface area contributed by atoms with E-state index in [1.54, 1.807) is 0 Å². The van der Waals surface area contributed by atoms with Crippen LogP contribution in [0.5, 0.6) is 0 Å². The maximum atomic E-state index is 8.76. The second-order valence-corrected chi connectivity index (χ2v) is 4.57. The number of fused-ring (bicyclic) bond motifs is 1. The number of nitriles is 1. The molecular weight excluding hydrogens is 248 g/mol. The lowest BCUT2D eigenvalue weighted by molar-refractivity contribution is 1.52. The zero-order valence-corrected chi connectivity index (χ0v) is 8.95. The number of thiophene rings is 1. The van der Waals surface area contributed by atoms with Gasteiger partial charge in [-0.1, -0.05) is 15.9 Å². The van der Waals surface area contributed by atoms with Gasteiger partial charge in [-0.05, 0) is 18.2 Å². The first-order valence-electron chi connectivity index (χ1n) is 3.60. The molecule has 0 aliphatic carbocycles. The Bertz CT molecular complexity index is 510. The van der Waals surface area contributed by atoms with Gasteiger partial charge in [-0.25, -0.2) is 0 Å². The highest BCUT2D eigenvalue weighted by molar-refractivity contribution is 9.10. The predicted octanol–water partition coefficient (Wildman–Crippen LogP) is 3.12. The van der Waals surface area contributed by atoms with Gasteiger partial charge in [-0.15, -0.1) is 11.3 Å². The van der Waals surface area contributed by atoms with Gasteiger partial charge in [-0.3, -0.25) is 0 Å². The second-order valence-electron chi connectivity index (χ2n) is 2.60. The van der Waals surface area contributed by atoms with E-state index in [1.165, 1.54) is 11.3 Å². The third kappa shape index (κ3) is 1.30. The fourth-order valence-corrected chi connectivity index (χ4v) is 2.43. The van der Waals surface area contributed by atoms with Gasteiger partial charge in [0.25, 0.3) is 0 Å². The van der Waals surface area contributed by atoms with E-state index in [2.05, 4.69) is 22.0 Å². The molecule has 4 heteroatoms. The Balaban J connectivity index is 2.87. The van der Waals surface area contributed by atoms with Crippen molar-refractivity contribution < 1.29 is 0 Å². The van der Waals surface area contributed by atoms with Crippen LogP contribution >= 0.6 is 27.3 Å². The van der Waals surface area contributed by atoms with Crippen LogP contribution in [-0.4, -0.2) is 0 Å². The second kappa shape index (κ2) is 3.02. The predicted molar refractivity (Wildman–Crippen MR) is 58.7 cm³/mol. The van der Waals surface area contributed by atoms with Crippen molar-refractivity contribution >= 4 is 43.0 Å². The molecular formula is C9H5BrN2S. The summed E-state index contributed by atoms with van der Waals surface area (Å²) >= 11 is 4.79. The largest absolute Gasteiger partial charge is 0.396 e. The number of nitrogens with two attached hydrogens (primary N) is 1. The monoisotopic (exact) mass is 252 g/mol. The summed E-state index contributed by atoms with van der Waals surface area (Å²) in [6, 6.07) is 7.92. The van der Waals surface area contributed by atoms with E-state index in [1.807, 2.05) is 18.2 Å². The van der Waals surface area contributed by atoms with Gasteiger partial charge in [0, 0.05) is 14.6 Å². The number of hydrogen-bond acceptors (Lipinski definition) is 3. The molecule has 1 heterocycles. The lowest BCUT2D eigenvalue weighted by Gasteiger charge is -1.91. The van der Waals surface area contributed by atoms with Crippen molar-refractivity contribution in [2.45, 2.75) is 0 Å². The SMILES string of the molecule is N#Cc1sc2ccc(Br)cc2c1N. The highest BCUT2D eigenvalue weighted by Gasteiger charge is 2.08. The Kier molecular flexibility index (Phi) is 1.98. The molecule has 0 atom stereocenters. The average Bonchev–Trinajstić information content (AvgIpc) is 2.44. The zero-order valence-electron chi connectivity index (χ0n) is 6.54. The summed E-state index contributed by atoms with van der Waals surface area (Å²) in [6.07, 6.45) is 0. The molecule has 0 radical (unpaired) electrons. The summed E-state index contributed by atoms with van der Waals surface area (Å²) in [6.45, 7) is 0. The number of nitrogen functional groups attached to an aromatic ring is 1. The molecule has 2 rings (SSSR count). The number of halogens is 1. The fourth-order valence-electron chi connectivity index (χ4n) is 1.17. The minimum absolute atomic E-state index is 0.587. The van der Waals surface area contributed by atoms with Crippen LogP contribution in [0.1, 0.15) is 4.88 Å². The zero-order chi connectivity index (χ0) is 9.42. The van der Waals surface area contributed by atoms with Crippen LogP contribution in [0.25, 0.3) is 10.1 Å². The van der Waals surface area contributed by atoms with Crippen molar-refractivity contribution in [2.24, 2.45) is 0 Å². The molecule has 0 aliphatic heterocycles. The number of hydrogen-bond donors (Lipinski definition) is 1. The van der Waals surface area contributed by atoms with Gasteiger partial charge in [0.2, 0.25) is 0 Å². The van der Waals surface area contributed by atoms with Gasteiger partial charge < -0.3 is 5.73 Å². The van der Waals surface area contributed by atoms with Crippen LogP contribution in [0.2, 0.25) is 0 Å². The van der Waals surface area contributed by atoms with Gasteiger partial charge in [0.05, 0.1) is 5.69 Å². The average molecular weight is 253 g/mol. The highest BCUT2D eigenvalue weighted by Crippen LogP contribution is 2.34. The van der Waals surface area contributed by atoms with E-state index in [9.17, 15) is 0 Å². The first-order valence-corrected chi connectivity index (χ1v) is 5.21. The van der Waals surface area contributed by atoms with Gasteiger partial charge in [0.15, 0.2) is 0 Å². The molecule has 0 fully saturated rings. The molecule has 64 valence electrons. The summed E-state index contributed by atoms with van der Waals surface area (Å²) < 4.78 is 2.03. The molecule has 0 saturated heterocycles. The molecule has 0 bridgehead atoms. The molecule has 1 aromatic heterocycles. The Morgan fingerprint density at radius 3 is 2.92 bits per heavy atom. The van der Waals surface area contributed by atoms with E-state index < -0.39 is 0 Å². The molecule has 0 amide bonds. The van der Waals surface area contributed by atoms with Crippen LogP contribution in [0, 0.1) is 11.3 Å². The first-order chi connectivity index (χ1) is 6.22.